The number of furan rings is 1. The van der Waals surface area contributed by atoms with Gasteiger partial charge in [0.05, 0.1) is 0 Å². The van der Waals surface area contributed by atoms with Gasteiger partial charge in [-0.2, -0.15) is 11.3 Å². The highest BCUT2D eigenvalue weighted by Gasteiger charge is 2.18. The second-order valence-corrected chi connectivity index (χ2v) is 5.42. The SMILES string of the molecule is Cc1cscc1C(O)c1cc2cc(Cl)ccc2o1. The lowest BCUT2D eigenvalue weighted by atomic mass is 10.1. The quantitative estimate of drug-likeness (QED) is 0.747. The molecule has 0 radical (unpaired) electrons. The Morgan fingerprint density at radius 2 is 2.11 bits per heavy atom. The minimum absolute atomic E-state index is 0.550. The molecule has 18 heavy (non-hydrogen) atoms. The molecule has 1 unspecified atom stereocenters. The Morgan fingerprint density at radius 1 is 1.28 bits per heavy atom. The number of halogens is 1. The number of benzene rings is 1. The molecule has 3 rings (SSSR count). The Balaban J connectivity index is 2.07. The van der Waals surface area contributed by atoms with Crippen LogP contribution in [0.2, 0.25) is 5.02 Å². The van der Waals surface area contributed by atoms with Crippen molar-refractivity contribution in [3.05, 3.63) is 56.9 Å². The molecule has 0 saturated carbocycles. The maximum Gasteiger partial charge on any atom is 0.138 e. The average molecular weight is 279 g/mol. The van der Waals surface area contributed by atoms with E-state index in [2.05, 4.69) is 0 Å². The molecule has 2 aromatic heterocycles. The van der Waals surface area contributed by atoms with Crippen molar-refractivity contribution in [2.24, 2.45) is 0 Å². The van der Waals surface area contributed by atoms with E-state index in [0.29, 0.717) is 10.8 Å². The number of aryl methyl sites for hydroxylation is 1. The molecule has 1 N–H and O–H groups in total. The molecule has 0 saturated heterocycles. The van der Waals surface area contributed by atoms with Crippen LogP contribution in [0.5, 0.6) is 0 Å². The molecule has 0 fully saturated rings. The van der Waals surface area contributed by atoms with Crippen LogP contribution in [-0.4, -0.2) is 5.11 Å². The molecule has 0 spiro atoms. The van der Waals surface area contributed by atoms with Gasteiger partial charge in [-0.25, -0.2) is 0 Å². The van der Waals surface area contributed by atoms with E-state index in [0.717, 1.165) is 22.1 Å². The van der Waals surface area contributed by atoms with Gasteiger partial charge >= 0.3 is 0 Å². The van der Waals surface area contributed by atoms with Crippen molar-refractivity contribution in [1.82, 2.24) is 0 Å². The maximum atomic E-state index is 10.3. The largest absolute Gasteiger partial charge is 0.458 e. The van der Waals surface area contributed by atoms with Crippen LogP contribution in [0.25, 0.3) is 11.0 Å². The molecule has 0 aliphatic heterocycles. The standard InChI is InChI=1S/C14H11ClO2S/c1-8-6-18-7-11(8)14(16)13-5-9-4-10(15)2-3-12(9)17-13/h2-7,14,16H,1H3. The van der Waals surface area contributed by atoms with Gasteiger partial charge in [-0.05, 0) is 47.5 Å². The van der Waals surface area contributed by atoms with E-state index in [4.69, 9.17) is 16.0 Å². The van der Waals surface area contributed by atoms with Gasteiger partial charge in [-0.3, -0.25) is 0 Å². The molecule has 0 amide bonds. The summed E-state index contributed by atoms with van der Waals surface area (Å²) in [4.78, 5) is 0. The summed E-state index contributed by atoms with van der Waals surface area (Å²) in [5.41, 5.74) is 2.71. The smallest absolute Gasteiger partial charge is 0.138 e. The third kappa shape index (κ3) is 1.94. The highest BCUT2D eigenvalue weighted by molar-refractivity contribution is 7.08. The van der Waals surface area contributed by atoms with Gasteiger partial charge in [0.25, 0.3) is 0 Å². The van der Waals surface area contributed by atoms with Gasteiger partial charge in [-0.1, -0.05) is 11.6 Å². The Labute approximate surface area is 113 Å². The fraction of sp³-hybridized carbons (Fsp3) is 0.143. The van der Waals surface area contributed by atoms with Crippen molar-refractivity contribution < 1.29 is 9.52 Å². The van der Waals surface area contributed by atoms with Crippen molar-refractivity contribution in [3.8, 4) is 0 Å². The number of fused-ring (bicyclic) bond motifs is 1. The summed E-state index contributed by atoms with van der Waals surface area (Å²) in [5.74, 6) is 0.550. The number of hydrogen-bond donors (Lipinski definition) is 1. The molecule has 2 nitrogen and oxygen atoms in total. The van der Waals surface area contributed by atoms with Crippen LogP contribution >= 0.6 is 22.9 Å². The normalized spacial score (nSPS) is 13.1. The molecule has 3 aromatic rings. The second-order valence-electron chi connectivity index (χ2n) is 4.24. The van der Waals surface area contributed by atoms with Crippen LogP contribution in [0, 0.1) is 6.92 Å². The van der Waals surface area contributed by atoms with Crippen LogP contribution < -0.4 is 0 Å². The van der Waals surface area contributed by atoms with Gasteiger partial charge in [0.1, 0.15) is 17.4 Å². The van der Waals surface area contributed by atoms with Gasteiger partial charge in [0.2, 0.25) is 0 Å². The molecule has 2 heterocycles. The first kappa shape index (κ1) is 11.8. The lowest BCUT2D eigenvalue weighted by Crippen LogP contribution is -1.97. The second kappa shape index (κ2) is 4.43. The van der Waals surface area contributed by atoms with E-state index in [1.807, 2.05) is 35.9 Å². The van der Waals surface area contributed by atoms with Crippen LogP contribution in [0.3, 0.4) is 0 Å². The van der Waals surface area contributed by atoms with Crippen LogP contribution in [-0.2, 0) is 0 Å². The molecular formula is C14H11ClO2S. The van der Waals surface area contributed by atoms with Crippen molar-refractivity contribution >= 4 is 33.9 Å². The monoisotopic (exact) mass is 278 g/mol. The van der Waals surface area contributed by atoms with Crippen molar-refractivity contribution in [2.45, 2.75) is 13.0 Å². The highest BCUT2D eigenvalue weighted by atomic mass is 35.5. The summed E-state index contributed by atoms with van der Waals surface area (Å²) in [6.07, 6.45) is -0.720. The first-order valence-electron chi connectivity index (χ1n) is 5.55. The van der Waals surface area contributed by atoms with E-state index in [1.54, 1.807) is 17.4 Å². The lowest BCUT2D eigenvalue weighted by Gasteiger charge is -2.06. The number of hydrogen-bond acceptors (Lipinski definition) is 3. The molecule has 1 atom stereocenters. The predicted molar refractivity (Wildman–Crippen MR) is 74.3 cm³/mol. The third-order valence-electron chi connectivity index (χ3n) is 2.96. The van der Waals surface area contributed by atoms with Crippen LogP contribution in [0.1, 0.15) is 23.0 Å². The molecule has 0 bridgehead atoms. The Hall–Kier alpha value is -1.29. The number of aliphatic hydroxyl groups excluding tert-OH is 1. The lowest BCUT2D eigenvalue weighted by molar-refractivity contribution is 0.192. The molecule has 0 aliphatic rings. The summed E-state index contributed by atoms with van der Waals surface area (Å²) in [6.45, 7) is 1.98. The Kier molecular flexibility index (Phi) is 2.90. The first-order chi connectivity index (χ1) is 8.65. The van der Waals surface area contributed by atoms with E-state index in [-0.39, 0.29) is 0 Å². The first-order valence-corrected chi connectivity index (χ1v) is 6.87. The van der Waals surface area contributed by atoms with Crippen molar-refractivity contribution in [1.29, 1.82) is 0 Å². The maximum absolute atomic E-state index is 10.3. The van der Waals surface area contributed by atoms with Gasteiger partial charge < -0.3 is 9.52 Å². The van der Waals surface area contributed by atoms with Gasteiger partial charge in [0, 0.05) is 16.0 Å². The minimum Gasteiger partial charge on any atom is -0.458 e. The van der Waals surface area contributed by atoms with E-state index < -0.39 is 6.10 Å². The number of rotatable bonds is 2. The van der Waals surface area contributed by atoms with Crippen LogP contribution in [0.4, 0.5) is 0 Å². The van der Waals surface area contributed by atoms with E-state index >= 15 is 0 Å². The van der Waals surface area contributed by atoms with E-state index in [9.17, 15) is 5.11 Å². The number of aliphatic hydroxyl groups is 1. The summed E-state index contributed by atoms with van der Waals surface area (Å²) in [6, 6.07) is 7.26. The zero-order chi connectivity index (χ0) is 12.7. The number of thiophene rings is 1. The predicted octanol–water partition coefficient (Wildman–Crippen LogP) is 4.54. The zero-order valence-corrected chi connectivity index (χ0v) is 11.3. The zero-order valence-electron chi connectivity index (χ0n) is 9.68. The minimum atomic E-state index is -0.720. The van der Waals surface area contributed by atoms with E-state index in [1.165, 1.54) is 0 Å². The van der Waals surface area contributed by atoms with Crippen molar-refractivity contribution in [3.63, 3.8) is 0 Å². The fourth-order valence-electron chi connectivity index (χ4n) is 1.97. The highest BCUT2D eigenvalue weighted by Crippen LogP contribution is 2.32. The molecule has 0 aliphatic carbocycles. The van der Waals surface area contributed by atoms with Gasteiger partial charge in [0.15, 0.2) is 0 Å². The molecule has 1 aromatic carbocycles. The van der Waals surface area contributed by atoms with Gasteiger partial charge in [-0.15, -0.1) is 0 Å². The third-order valence-corrected chi connectivity index (χ3v) is 4.07. The topological polar surface area (TPSA) is 33.4 Å². The summed E-state index contributed by atoms with van der Waals surface area (Å²) in [5, 5.41) is 15.8. The molecule has 92 valence electrons. The van der Waals surface area contributed by atoms with Crippen LogP contribution in [0.15, 0.2) is 39.4 Å². The summed E-state index contributed by atoms with van der Waals surface area (Å²) < 4.78 is 5.66. The molecule has 4 heteroatoms. The fourth-order valence-corrected chi connectivity index (χ4v) is 3.02. The molecular weight excluding hydrogens is 268 g/mol. The Morgan fingerprint density at radius 3 is 2.83 bits per heavy atom. The average Bonchev–Trinajstić information content (AvgIpc) is 2.93. The van der Waals surface area contributed by atoms with Crippen molar-refractivity contribution in [2.75, 3.05) is 0 Å². The Bertz CT molecular complexity index is 699. The summed E-state index contributed by atoms with van der Waals surface area (Å²) >= 11 is 7.51. The summed E-state index contributed by atoms with van der Waals surface area (Å²) in [7, 11) is 0.